The molecule has 1 atom stereocenters. The Labute approximate surface area is 147 Å². The second-order valence-electron chi connectivity index (χ2n) is 5.16. The van der Waals surface area contributed by atoms with Gasteiger partial charge in [0.25, 0.3) is 10.0 Å². The van der Waals surface area contributed by atoms with Crippen molar-refractivity contribution in [3.8, 4) is 0 Å². The van der Waals surface area contributed by atoms with E-state index >= 15 is 0 Å². The van der Waals surface area contributed by atoms with E-state index in [0.29, 0.717) is 0 Å². The average molecular weight is 389 g/mol. The van der Waals surface area contributed by atoms with E-state index in [1.807, 2.05) is 4.72 Å². The monoisotopic (exact) mass is 389 g/mol. The summed E-state index contributed by atoms with van der Waals surface area (Å²) in [5.41, 5.74) is -1.12. The highest BCUT2D eigenvalue weighted by molar-refractivity contribution is 7.92. The van der Waals surface area contributed by atoms with Crippen molar-refractivity contribution in [2.75, 3.05) is 11.8 Å². The quantitative estimate of drug-likeness (QED) is 0.767. The Kier molecular flexibility index (Phi) is 5.57. The van der Waals surface area contributed by atoms with Crippen LogP contribution in [0.25, 0.3) is 0 Å². The second kappa shape index (κ2) is 7.34. The van der Waals surface area contributed by atoms with Gasteiger partial charge in [0.2, 0.25) is 0 Å². The molecule has 0 spiro atoms. The Morgan fingerprint density at radius 2 is 1.81 bits per heavy atom. The Balaban J connectivity index is 2.41. The van der Waals surface area contributed by atoms with Gasteiger partial charge in [0, 0.05) is 5.56 Å². The van der Waals surface area contributed by atoms with E-state index in [1.165, 1.54) is 24.3 Å². The molecule has 2 aromatic carbocycles. The number of carbonyl (C=O) groups excluding carboxylic acids is 1. The zero-order chi connectivity index (χ0) is 19.5. The lowest BCUT2D eigenvalue weighted by Gasteiger charge is -2.19. The van der Waals surface area contributed by atoms with Crippen molar-refractivity contribution >= 4 is 21.7 Å². The van der Waals surface area contributed by atoms with Crippen molar-refractivity contribution < 1.29 is 36.2 Å². The highest BCUT2D eigenvalue weighted by Gasteiger charge is 2.40. The first-order chi connectivity index (χ1) is 12.1. The third-order valence-electron chi connectivity index (χ3n) is 3.38. The van der Waals surface area contributed by atoms with Crippen molar-refractivity contribution in [1.29, 1.82) is 0 Å². The molecular formula is C16H14F3NO5S. The number of hydrogen-bond donors (Lipinski definition) is 2. The number of halogens is 3. The smallest absolute Gasteiger partial charge is 0.418 e. The summed E-state index contributed by atoms with van der Waals surface area (Å²) in [7, 11) is -3.19. The number of alkyl halides is 3. The molecule has 0 unspecified atom stereocenters. The Bertz CT molecular complexity index is 912. The van der Waals surface area contributed by atoms with E-state index in [4.69, 9.17) is 0 Å². The summed E-state index contributed by atoms with van der Waals surface area (Å²) < 4.78 is 69.7. The van der Waals surface area contributed by atoms with Gasteiger partial charge in [-0.1, -0.05) is 24.3 Å². The lowest BCUT2D eigenvalue weighted by atomic mass is 10.1. The van der Waals surface area contributed by atoms with Crippen molar-refractivity contribution in [1.82, 2.24) is 0 Å². The first-order valence-electron chi connectivity index (χ1n) is 7.11. The minimum atomic E-state index is -4.97. The van der Waals surface area contributed by atoms with Gasteiger partial charge in [-0.15, -0.1) is 0 Å². The summed E-state index contributed by atoms with van der Waals surface area (Å²) >= 11 is 0. The molecule has 0 aromatic heterocycles. The largest absolute Gasteiger partial charge is 0.465 e. The molecule has 0 amide bonds. The van der Waals surface area contributed by atoms with Gasteiger partial charge in [0.1, 0.15) is 0 Å². The van der Waals surface area contributed by atoms with E-state index in [9.17, 15) is 31.5 Å². The van der Waals surface area contributed by atoms with Crippen LogP contribution in [0.5, 0.6) is 0 Å². The minimum Gasteiger partial charge on any atom is -0.465 e. The third kappa shape index (κ3) is 4.33. The van der Waals surface area contributed by atoms with Crippen LogP contribution in [0.2, 0.25) is 0 Å². The van der Waals surface area contributed by atoms with Crippen LogP contribution in [0.15, 0.2) is 53.4 Å². The summed E-state index contributed by atoms with van der Waals surface area (Å²) in [6, 6.07) is 9.40. The SMILES string of the molecule is COC(=O)c1cccc(S(=O)(=O)Nc2ccccc2[C@H](O)C(F)(F)F)c1. The summed E-state index contributed by atoms with van der Waals surface area (Å²) in [4.78, 5) is 11.2. The summed E-state index contributed by atoms with van der Waals surface area (Å²) in [6.07, 6.45) is -7.82. The molecule has 0 heterocycles. The molecule has 0 bridgehead atoms. The van der Waals surface area contributed by atoms with Gasteiger partial charge in [-0.05, 0) is 24.3 Å². The number of aliphatic hydroxyl groups excluding tert-OH is 1. The zero-order valence-electron chi connectivity index (χ0n) is 13.3. The van der Waals surface area contributed by atoms with E-state index in [-0.39, 0.29) is 10.5 Å². The number of aliphatic hydroxyl groups is 1. The van der Waals surface area contributed by atoms with Crippen LogP contribution in [-0.2, 0) is 14.8 Å². The Morgan fingerprint density at radius 3 is 2.42 bits per heavy atom. The fourth-order valence-corrected chi connectivity index (χ4v) is 3.25. The topological polar surface area (TPSA) is 92.7 Å². The maximum absolute atomic E-state index is 12.8. The van der Waals surface area contributed by atoms with Gasteiger partial charge in [0.05, 0.1) is 23.3 Å². The first-order valence-corrected chi connectivity index (χ1v) is 8.59. The molecule has 0 saturated heterocycles. The maximum atomic E-state index is 12.8. The molecule has 26 heavy (non-hydrogen) atoms. The number of ether oxygens (including phenoxy) is 1. The van der Waals surface area contributed by atoms with Crippen LogP contribution < -0.4 is 4.72 Å². The van der Waals surface area contributed by atoms with Crippen LogP contribution >= 0.6 is 0 Å². The van der Waals surface area contributed by atoms with Gasteiger partial charge >= 0.3 is 12.1 Å². The standard InChI is InChI=1S/C16H14F3NO5S/c1-25-15(22)10-5-4-6-11(9-10)26(23,24)20-13-8-3-2-7-12(13)14(21)16(17,18)19/h2-9,14,20-21H,1H3/t14-/m0/s1. The number of nitrogens with one attached hydrogen (secondary N) is 1. The van der Waals surface area contributed by atoms with Crippen LogP contribution in [0.4, 0.5) is 18.9 Å². The fourth-order valence-electron chi connectivity index (χ4n) is 2.12. The molecule has 2 rings (SSSR count). The van der Waals surface area contributed by atoms with Crippen molar-refractivity contribution in [3.63, 3.8) is 0 Å². The lowest BCUT2D eigenvalue weighted by molar-refractivity contribution is -0.206. The van der Waals surface area contributed by atoms with E-state index in [2.05, 4.69) is 4.74 Å². The third-order valence-corrected chi connectivity index (χ3v) is 4.74. The van der Waals surface area contributed by atoms with Crippen LogP contribution in [0.3, 0.4) is 0 Å². The summed E-state index contributed by atoms with van der Waals surface area (Å²) in [5.74, 6) is -0.769. The van der Waals surface area contributed by atoms with Gasteiger partial charge in [-0.25, -0.2) is 13.2 Å². The number of methoxy groups -OCH3 is 1. The Hall–Kier alpha value is -2.59. The summed E-state index contributed by atoms with van der Waals surface area (Å²) in [5, 5.41) is 9.43. The van der Waals surface area contributed by atoms with Crippen LogP contribution in [0.1, 0.15) is 22.0 Å². The highest BCUT2D eigenvalue weighted by atomic mass is 32.2. The molecule has 0 aliphatic heterocycles. The van der Waals surface area contributed by atoms with Gasteiger partial charge in [0.15, 0.2) is 6.10 Å². The molecular weight excluding hydrogens is 375 g/mol. The minimum absolute atomic E-state index is 0.0426. The number of anilines is 1. The van der Waals surface area contributed by atoms with Crippen LogP contribution in [-0.4, -0.2) is 32.8 Å². The number of esters is 1. The lowest BCUT2D eigenvalue weighted by Crippen LogP contribution is -2.23. The molecule has 0 aliphatic carbocycles. The number of para-hydroxylation sites is 1. The molecule has 6 nitrogen and oxygen atoms in total. The average Bonchev–Trinajstić information content (AvgIpc) is 2.60. The zero-order valence-corrected chi connectivity index (χ0v) is 14.1. The first kappa shape index (κ1) is 19.7. The molecule has 0 aliphatic rings. The normalized spacial score (nSPS) is 13.1. The molecule has 2 aromatic rings. The molecule has 0 radical (unpaired) electrons. The molecule has 140 valence electrons. The molecule has 0 fully saturated rings. The molecule has 10 heteroatoms. The predicted molar refractivity (Wildman–Crippen MR) is 86.0 cm³/mol. The number of benzene rings is 2. The molecule has 0 saturated carbocycles. The van der Waals surface area contributed by atoms with E-state index in [1.54, 1.807) is 0 Å². The Morgan fingerprint density at radius 1 is 1.15 bits per heavy atom. The maximum Gasteiger partial charge on any atom is 0.418 e. The number of hydrogen-bond acceptors (Lipinski definition) is 5. The van der Waals surface area contributed by atoms with Crippen molar-refractivity contribution in [2.45, 2.75) is 17.2 Å². The number of carbonyl (C=O) groups is 1. The second-order valence-corrected chi connectivity index (χ2v) is 6.84. The van der Waals surface area contributed by atoms with Gasteiger partial charge in [-0.3, -0.25) is 4.72 Å². The summed E-state index contributed by atoms with van der Waals surface area (Å²) in [6.45, 7) is 0. The fraction of sp³-hybridized carbons (Fsp3) is 0.188. The van der Waals surface area contributed by atoms with Gasteiger partial charge in [-0.2, -0.15) is 13.2 Å². The highest BCUT2D eigenvalue weighted by Crippen LogP contribution is 2.36. The van der Waals surface area contributed by atoms with Gasteiger partial charge < -0.3 is 9.84 Å². The van der Waals surface area contributed by atoms with Crippen LogP contribution in [0, 0.1) is 0 Å². The van der Waals surface area contributed by atoms with Crippen molar-refractivity contribution in [3.05, 3.63) is 59.7 Å². The number of sulfonamides is 1. The number of rotatable bonds is 5. The molecule has 2 N–H and O–H groups in total. The van der Waals surface area contributed by atoms with Crippen molar-refractivity contribution in [2.24, 2.45) is 0 Å². The van der Waals surface area contributed by atoms with E-state index < -0.39 is 39.5 Å². The van der Waals surface area contributed by atoms with E-state index in [0.717, 1.165) is 31.4 Å². The predicted octanol–water partition coefficient (Wildman–Crippen LogP) is 2.87.